The fourth-order valence-electron chi connectivity index (χ4n) is 1.81. The molecule has 0 saturated heterocycles. The summed E-state index contributed by atoms with van der Waals surface area (Å²) in [7, 11) is 2.05. The van der Waals surface area contributed by atoms with Crippen molar-refractivity contribution in [2.45, 2.75) is 18.5 Å². The number of hydrogen-bond donors (Lipinski definition) is 1. The van der Waals surface area contributed by atoms with Gasteiger partial charge in [-0.3, -0.25) is 0 Å². The second kappa shape index (κ2) is 9.26. The van der Waals surface area contributed by atoms with E-state index in [9.17, 15) is 13.2 Å². The standard InChI is InChI=1S/C14H21F3N2S/c1-19(12-13-6-3-2-4-7-13)10-5-8-18-9-11-20-14(15,16)17/h2-4,6-7,18H,5,8-12H2,1H3. The van der Waals surface area contributed by atoms with Crippen molar-refractivity contribution in [2.75, 3.05) is 32.4 Å². The Kier molecular flexibility index (Phi) is 8.02. The molecule has 0 heterocycles. The van der Waals surface area contributed by atoms with Crippen LogP contribution >= 0.6 is 11.8 Å². The second-order valence-corrected chi connectivity index (χ2v) is 5.78. The van der Waals surface area contributed by atoms with Gasteiger partial charge in [-0.25, -0.2) is 0 Å². The van der Waals surface area contributed by atoms with Crippen LogP contribution in [-0.2, 0) is 6.54 Å². The highest BCUT2D eigenvalue weighted by atomic mass is 32.2. The highest BCUT2D eigenvalue weighted by molar-refractivity contribution is 8.00. The normalized spacial score (nSPS) is 12.1. The molecule has 114 valence electrons. The lowest BCUT2D eigenvalue weighted by Crippen LogP contribution is -2.25. The number of benzene rings is 1. The molecule has 0 bridgehead atoms. The SMILES string of the molecule is CN(CCCNCCSC(F)(F)F)Cc1ccccc1. The number of hydrogen-bond acceptors (Lipinski definition) is 3. The maximum absolute atomic E-state index is 11.9. The third-order valence-electron chi connectivity index (χ3n) is 2.73. The van der Waals surface area contributed by atoms with Crippen molar-refractivity contribution in [3.05, 3.63) is 35.9 Å². The summed E-state index contributed by atoms with van der Waals surface area (Å²) in [5.74, 6) is 0.0728. The topological polar surface area (TPSA) is 15.3 Å². The molecule has 1 rings (SSSR count). The largest absolute Gasteiger partial charge is 0.441 e. The van der Waals surface area contributed by atoms with Crippen LogP contribution in [-0.4, -0.2) is 42.8 Å². The Morgan fingerprint density at radius 2 is 1.85 bits per heavy atom. The van der Waals surface area contributed by atoms with Gasteiger partial charge in [-0.2, -0.15) is 13.2 Å². The summed E-state index contributed by atoms with van der Waals surface area (Å²) in [6.45, 7) is 2.96. The van der Waals surface area contributed by atoms with E-state index in [2.05, 4.69) is 22.3 Å². The van der Waals surface area contributed by atoms with Gasteiger partial charge in [0.25, 0.3) is 0 Å². The summed E-state index contributed by atoms with van der Waals surface area (Å²) in [4.78, 5) is 2.21. The van der Waals surface area contributed by atoms with E-state index in [0.29, 0.717) is 6.54 Å². The second-order valence-electron chi connectivity index (χ2n) is 4.62. The van der Waals surface area contributed by atoms with Gasteiger partial charge in [0.15, 0.2) is 0 Å². The number of halogens is 3. The summed E-state index contributed by atoms with van der Waals surface area (Å²) < 4.78 is 35.6. The molecule has 20 heavy (non-hydrogen) atoms. The van der Waals surface area contributed by atoms with Crippen molar-refractivity contribution in [2.24, 2.45) is 0 Å². The first kappa shape index (κ1) is 17.3. The van der Waals surface area contributed by atoms with E-state index in [1.807, 2.05) is 25.2 Å². The minimum Gasteiger partial charge on any atom is -0.316 e. The molecule has 0 fully saturated rings. The van der Waals surface area contributed by atoms with E-state index in [0.717, 1.165) is 26.1 Å². The zero-order valence-electron chi connectivity index (χ0n) is 11.6. The first-order valence-electron chi connectivity index (χ1n) is 6.61. The molecular formula is C14H21F3N2S. The Morgan fingerprint density at radius 3 is 2.50 bits per heavy atom. The number of nitrogens with zero attached hydrogens (tertiary/aromatic N) is 1. The predicted molar refractivity (Wildman–Crippen MR) is 78.8 cm³/mol. The van der Waals surface area contributed by atoms with E-state index in [4.69, 9.17) is 0 Å². The van der Waals surface area contributed by atoms with Crippen LogP contribution in [0.2, 0.25) is 0 Å². The molecule has 0 aliphatic carbocycles. The third kappa shape index (κ3) is 9.23. The molecule has 1 aromatic rings. The maximum atomic E-state index is 11.9. The number of thioether (sulfide) groups is 1. The Balaban J connectivity index is 1.98. The van der Waals surface area contributed by atoms with E-state index in [1.54, 1.807) is 0 Å². The fraction of sp³-hybridized carbons (Fsp3) is 0.571. The molecule has 0 spiro atoms. The van der Waals surface area contributed by atoms with E-state index in [-0.39, 0.29) is 17.5 Å². The molecule has 0 aromatic heterocycles. The quantitative estimate of drug-likeness (QED) is 0.704. The Bertz CT molecular complexity index is 357. The van der Waals surface area contributed by atoms with Crippen molar-refractivity contribution < 1.29 is 13.2 Å². The third-order valence-corrected chi connectivity index (χ3v) is 3.47. The average molecular weight is 306 g/mol. The van der Waals surface area contributed by atoms with Gasteiger partial charge in [-0.05, 0) is 43.9 Å². The van der Waals surface area contributed by atoms with Gasteiger partial charge in [-0.15, -0.1) is 0 Å². The summed E-state index contributed by atoms with van der Waals surface area (Å²) >= 11 is 0.0268. The van der Waals surface area contributed by atoms with Crippen molar-refractivity contribution >= 4 is 11.8 Å². The summed E-state index contributed by atoms with van der Waals surface area (Å²) in [6, 6.07) is 10.2. The van der Waals surface area contributed by atoms with Crippen LogP contribution < -0.4 is 5.32 Å². The van der Waals surface area contributed by atoms with Gasteiger partial charge in [-0.1, -0.05) is 30.3 Å². The molecule has 6 heteroatoms. The van der Waals surface area contributed by atoms with Crippen molar-refractivity contribution in [3.63, 3.8) is 0 Å². The molecule has 1 aromatic carbocycles. The molecular weight excluding hydrogens is 285 g/mol. The molecule has 0 saturated carbocycles. The van der Waals surface area contributed by atoms with Crippen LogP contribution in [0.25, 0.3) is 0 Å². The number of alkyl halides is 3. The smallest absolute Gasteiger partial charge is 0.316 e. The molecule has 0 atom stereocenters. The maximum Gasteiger partial charge on any atom is 0.441 e. The van der Waals surface area contributed by atoms with Gasteiger partial charge in [0.05, 0.1) is 0 Å². The lowest BCUT2D eigenvalue weighted by Gasteiger charge is -2.16. The minimum absolute atomic E-state index is 0.0268. The van der Waals surface area contributed by atoms with E-state index >= 15 is 0 Å². The van der Waals surface area contributed by atoms with E-state index in [1.165, 1.54) is 5.56 Å². The van der Waals surface area contributed by atoms with Crippen LogP contribution in [0.5, 0.6) is 0 Å². The number of nitrogens with one attached hydrogen (secondary N) is 1. The zero-order chi connectivity index (χ0) is 14.8. The molecule has 0 aliphatic heterocycles. The van der Waals surface area contributed by atoms with Crippen LogP contribution in [0.1, 0.15) is 12.0 Å². The molecule has 0 radical (unpaired) electrons. The van der Waals surface area contributed by atoms with Crippen LogP contribution in [0.3, 0.4) is 0 Å². The molecule has 0 aliphatic rings. The fourth-order valence-corrected chi connectivity index (χ4v) is 2.29. The number of rotatable bonds is 9. The van der Waals surface area contributed by atoms with Gasteiger partial charge in [0.2, 0.25) is 0 Å². The minimum atomic E-state index is -4.11. The van der Waals surface area contributed by atoms with Crippen LogP contribution in [0, 0.1) is 0 Å². The Hall–Kier alpha value is -0.720. The van der Waals surface area contributed by atoms with Gasteiger partial charge >= 0.3 is 5.51 Å². The monoisotopic (exact) mass is 306 g/mol. The lowest BCUT2D eigenvalue weighted by atomic mass is 10.2. The summed E-state index contributed by atoms with van der Waals surface area (Å²) in [5.41, 5.74) is -2.85. The first-order chi connectivity index (χ1) is 9.47. The Labute approximate surface area is 122 Å². The Morgan fingerprint density at radius 1 is 1.15 bits per heavy atom. The highest BCUT2D eigenvalue weighted by Gasteiger charge is 2.27. The average Bonchev–Trinajstić information content (AvgIpc) is 2.37. The van der Waals surface area contributed by atoms with Crippen molar-refractivity contribution in [1.29, 1.82) is 0 Å². The van der Waals surface area contributed by atoms with Gasteiger partial charge in [0.1, 0.15) is 0 Å². The van der Waals surface area contributed by atoms with Crippen molar-refractivity contribution in [1.82, 2.24) is 10.2 Å². The lowest BCUT2D eigenvalue weighted by molar-refractivity contribution is -0.0327. The van der Waals surface area contributed by atoms with Crippen LogP contribution in [0.4, 0.5) is 13.2 Å². The summed E-state index contributed by atoms with van der Waals surface area (Å²) in [6.07, 6.45) is 0.931. The van der Waals surface area contributed by atoms with Gasteiger partial charge in [0, 0.05) is 18.8 Å². The van der Waals surface area contributed by atoms with Crippen LogP contribution in [0.15, 0.2) is 30.3 Å². The molecule has 0 unspecified atom stereocenters. The van der Waals surface area contributed by atoms with Crippen molar-refractivity contribution in [3.8, 4) is 0 Å². The van der Waals surface area contributed by atoms with E-state index < -0.39 is 5.51 Å². The molecule has 1 N–H and O–H groups in total. The summed E-state index contributed by atoms with van der Waals surface area (Å²) in [5, 5.41) is 3.03. The zero-order valence-corrected chi connectivity index (χ0v) is 12.4. The highest BCUT2D eigenvalue weighted by Crippen LogP contribution is 2.29. The first-order valence-corrected chi connectivity index (χ1v) is 7.60. The predicted octanol–water partition coefficient (Wildman–Crippen LogP) is 3.35. The molecule has 0 amide bonds. The molecule has 2 nitrogen and oxygen atoms in total. The van der Waals surface area contributed by atoms with Gasteiger partial charge < -0.3 is 10.2 Å².